The number of fused-ring (bicyclic) bond motifs is 6. The Hall–Kier alpha value is -3.39. The maximum absolute atomic E-state index is 8.49. The summed E-state index contributed by atoms with van der Waals surface area (Å²) < 4.78 is 107. The first-order chi connectivity index (χ1) is 20.2. The average molecular weight is 431 g/mol. The van der Waals surface area contributed by atoms with Crippen LogP contribution < -0.4 is 4.57 Å². The first-order valence-corrected chi connectivity index (χ1v) is 10.3. The van der Waals surface area contributed by atoms with Gasteiger partial charge in [0.1, 0.15) is 18.2 Å². The number of rotatable bonds is 1. The van der Waals surface area contributed by atoms with E-state index in [-0.39, 0.29) is 27.8 Å². The van der Waals surface area contributed by atoms with E-state index in [9.17, 15) is 0 Å². The van der Waals surface area contributed by atoms with Gasteiger partial charge in [-0.15, -0.1) is 0 Å². The van der Waals surface area contributed by atoms with E-state index in [2.05, 4.69) is 0 Å². The minimum atomic E-state index is -2.93. The van der Waals surface area contributed by atoms with Crippen LogP contribution >= 0.6 is 0 Å². The lowest BCUT2D eigenvalue weighted by Crippen LogP contribution is -2.31. The fourth-order valence-electron chi connectivity index (χ4n) is 4.92. The van der Waals surface area contributed by atoms with Gasteiger partial charge in [0, 0.05) is 44.3 Å². The third-order valence-electron chi connectivity index (χ3n) is 6.54. The molecule has 0 spiro atoms. The Kier molecular flexibility index (Phi) is 2.07. The van der Waals surface area contributed by atoms with E-state index in [1.807, 2.05) is 19.1 Å². The molecule has 0 fully saturated rings. The fraction of sp³-hybridized carbons (Fsp3) is 0.233. The zero-order valence-electron chi connectivity index (χ0n) is 29.6. The standard InChI is InChI=1S/C30H28NO/c1-17-11-12-21-23-14-22-20-9-7-8-10-24(20)30(4,5)25(22)15-27(23)32-29(21)28(17)26-13-18(2)19(3)16-31(26)6/h7-16H,1-6H3/q+1/i2D3,3D3,4D3,5D3. The number of aryl methyl sites for hydroxylation is 4. The van der Waals surface area contributed by atoms with Crippen LogP contribution in [-0.4, -0.2) is 0 Å². The summed E-state index contributed by atoms with van der Waals surface area (Å²) in [6, 6.07) is 15.0. The molecule has 2 nitrogen and oxygen atoms in total. The van der Waals surface area contributed by atoms with E-state index in [4.69, 9.17) is 20.9 Å². The number of aromatic nitrogens is 1. The molecular formula is C30H28NO+. The zero-order chi connectivity index (χ0) is 32.4. The monoisotopic (exact) mass is 430 g/mol. The van der Waals surface area contributed by atoms with Gasteiger partial charge in [0.2, 0.25) is 5.69 Å². The Morgan fingerprint density at radius 1 is 0.844 bits per heavy atom. The summed E-state index contributed by atoms with van der Waals surface area (Å²) in [6.45, 7) is -9.39. The van der Waals surface area contributed by atoms with E-state index in [0.29, 0.717) is 38.7 Å². The molecule has 0 aliphatic heterocycles. The average Bonchev–Trinajstić information content (AvgIpc) is 3.39. The molecule has 0 amide bonds. The highest BCUT2D eigenvalue weighted by molar-refractivity contribution is 6.11. The van der Waals surface area contributed by atoms with Gasteiger partial charge in [0.05, 0.1) is 5.56 Å². The normalized spacial score (nSPS) is 21.3. The zero-order valence-corrected chi connectivity index (χ0v) is 17.6. The molecule has 1 aliphatic carbocycles. The predicted octanol–water partition coefficient (Wildman–Crippen LogP) is 7.31. The van der Waals surface area contributed by atoms with Crippen molar-refractivity contribution >= 4 is 21.9 Å². The van der Waals surface area contributed by atoms with Crippen molar-refractivity contribution in [2.45, 2.75) is 39.7 Å². The molecule has 0 unspecified atom stereocenters. The predicted molar refractivity (Wildman–Crippen MR) is 132 cm³/mol. The third kappa shape index (κ3) is 2.44. The molecule has 158 valence electrons. The Morgan fingerprint density at radius 3 is 2.50 bits per heavy atom. The maximum Gasteiger partial charge on any atom is 0.216 e. The lowest BCUT2D eigenvalue weighted by molar-refractivity contribution is -0.660. The van der Waals surface area contributed by atoms with Crippen LogP contribution in [0.5, 0.6) is 0 Å². The summed E-state index contributed by atoms with van der Waals surface area (Å²) in [5, 5.41) is 1.27. The molecule has 2 heterocycles. The van der Waals surface area contributed by atoms with Gasteiger partial charge in [-0.3, -0.25) is 0 Å². The SMILES string of the molecule is [2H]C([2H])([2H])c1cc(-c2c(C)ccc3c2oc2cc4c(cc23)-c2ccccc2C4(C([2H])([2H])[2H])C([2H])([2H])[2H])[n+](C)cc1C([2H])([2H])[2H]. The van der Waals surface area contributed by atoms with E-state index >= 15 is 0 Å². The Bertz CT molecular complexity index is 1980. The molecule has 5 aromatic rings. The summed E-state index contributed by atoms with van der Waals surface area (Å²) in [4.78, 5) is 0. The van der Waals surface area contributed by atoms with E-state index in [0.717, 1.165) is 5.56 Å². The Labute approximate surface area is 206 Å². The Morgan fingerprint density at radius 2 is 1.69 bits per heavy atom. The van der Waals surface area contributed by atoms with Gasteiger partial charge in [0.15, 0.2) is 6.20 Å². The van der Waals surface area contributed by atoms with Crippen LogP contribution in [0.4, 0.5) is 0 Å². The highest BCUT2D eigenvalue weighted by atomic mass is 16.3. The highest BCUT2D eigenvalue weighted by Gasteiger charge is 2.36. The van der Waals surface area contributed by atoms with Gasteiger partial charge in [0.25, 0.3) is 0 Å². The van der Waals surface area contributed by atoms with E-state index in [1.165, 1.54) is 18.3 Å². The van der Waals surface area contributed by atoms with Gasteiger partial charge >= 0.3 is 0 Å². The summed E-state index contributed by atoms with van der Waals surface area (Å²) >= 11 is 0. The van der Waals surface area contributed by atoms with Crippen molar-refractivity contribution in [1.29, 1.82) is 0 Å². The maximum atomic E-state index is 8.49. The van der Waals surface area contributed by atoms with Crippen LogP contribution in [0.15, 0.2) is 65.2 Å². The van der Waals surface area contributed by atoms with Crippen molar-refractivity contribution in [2.75, 3.05) is 0 Å². The van der Waals surface area contributed by atoms with Crippen molar-refractivity contribution in [1.82, 2.24) is 0 Å². The summed E-state index contributed by atoms with van der Waals surface area (Å²) in [5.41, 5.74) is 0.788. The number of nitrogens with zero attached hydrogens (tertiary/aromatic N) is 1. The van der Waals surface area contributed by atoms with Crippen LogP contribution in [0.1, 0.15) is 58.0 Å². The lowest BCUT2D eigenvalue weighted by Gasteiger charge is -2.21. The number of benzene rings is 3. The molecule has 6 rings (SSSR count). The van der Waals surface area contributed by atoms with Crippen LogP contribution in [0.25, 0.3) is 44.3 Å². The van der Waals surface area contributed by atoms with Crippen LogP contribution in [0.2, 0.25) is 0 Å². The summed E-state index contributed by atoms with van der Waals surface area (Å²) in [5.74, 6) is 0. The topological polar surface area (TPSA) is 17.0 Å². The molecule has 2 heteroatoms. The second-order valence-corrected chi connectivity index (χ2v) is 8.52. The van der Waals surface area contributed by atoms with Crippen molar-refractivity contribution in [3.8, 4) is 22.4 Å². The molecule has 1 aliphatic rings. The fourth-order valence-corrected chi connectivity index (χ4v) is 4.92. The van der Waals surface area contributed by atoms with Crippen molar-refractivity contribution < 1.29 is 25.4 Å². The minimum Gasteiger partial charge on any atom is -0.455 e. The molecule has 0 radical (unpaired) electrons. The minimum absolute atomic E-state index is 0.126. The van der Waals surface area contributed by atoms with Crippen molar-refractivity contribution in [2.24, 2.45) is 7.05 Å². The summed E-state index contributed by atoms with van der Waals surface area (Å²) in [7, 11) is 1.63. The van der Waals surface area contributed by atoms with E-state index < -0.39 is 32.8 Å². The third-order valence-corrected chi connectivity index (χ3v) is 6.54. The number of pyridine rings is 1. The second-order valence-electron chi connectivity index (χ2n) is 8.52. The van der Waals surface area contributed by atoms with Gasteiger partial charge in [-0.05, 0) is 66.1 Å². The van der Waals surface area contributed by atoms with Gasteiger partial charge in [-0.2, -0.15) is 0 Å². The largest absolute Gasteiger partial charge is 0.455 e. The first-order valence-electron chi connectivity index (χ1n) is 16.3. The lowest BCUT2D eigenvalue weighted by atomic mass is 9.82. The number of furan rings is 1. The smallest absolute Gasteiger partial charge is 0.216 e. The van der Waals surface area contributed by atoms with Gasteiger partial charge in [-0.1, -0.05) is 50.1 Å². The van der Waals surface area contributed by atoms with Crippen LogP contribution in [0.3, 0.4) is 0 Å². The molecular weight excluding hydrogens is 390 g/mol. The number of hydrogen-bond acceptors (Lipinski definition) is 1. The molecule has 0 atom stereocenters. The Balaban J connectivity index is 1.71. The summed E-state index contributed by atoms with van der Waals surface area (Å²) in [6.07, 6.45) is 1.30. The quantitative estimate of drug-likeness (QED) is 0.255. The number of hydrogen-bond donors (Lipinski definition) is 0. The molecule has 32 heavy (non-hydrogen) atoms. The molecule has 3 aromatic carbocycles. The molecule has 2 aromatic heterocycles. The molecule has 0 saturated carbocycles. The molecule has 0 bridgehead atoms. The molecule has 0 saturated heterocycles. The molecule has 0 N–H and O–H groups in total. The van der Waals surface area contributed by atoms with Gasteiger partial charge in [-0.25, -0.2) is 4.57 Å². The van der Waals surface area contributed by atoms with E-state index in [1.54, 1.807) is 41.9 Å². The first kappa shape index (κ1) is 10.5. The van der Waals surface area contributed by atoms with Crippen molar-refractivity contribution in [3.63, 3.8) is 0 Å². The van der Waals surface area contributed by atoms with Crippen LogP contribution in [0, 0.1) is 20.6 Å². The van der Waals surface area contributed by atoms with Crippen LogP contribution in [-0.2, 0) is 12.5 Å². The van der Waals surface area contributed by atoms with Crippen molar-refractivity contribution in [3.05, 3.63) is 88.6 Å². The second kappa shape index (κ2) is 6.32. The highest BCUT2D eigenvalue weighted by Crippen LogP contribution is 2.51. The van der Waals surface area contributed by atoms with Gasteiger partial charge < -0.3 is 4.42 Å².